The molecule has 0 aliphatic rings. The molecule has 0 rings (SSSR count). The molecule has 0 spiro atoms. The van der Waals surface area contributed by atoms with Gasteiger partial charge < -0.3 is 20.3 Å². The summed E-state index contributed by atoms with van der Waals surface area (Å²) in [7, 11) is 0. The Bertz CT molecular complexity index is 909. The Hall–Kier alpha value is -1.40. The first-order valence-corrected chi connectivity index (χ1v) is 27.5. The van der Waals surface area contributed by atoms with Crippen molar-refractivity contribution in [1.29, 1.82) is 0 Å². The number of unbranched alkanes of at least 4 members (excludes halogenated alkanes) is 40. The van der Waals surface area contributed by atoms with Gasteiger partial charge in [-0.25, -0.2) is 0 Å². The molecule has 0 aliphatic heterocycles. The van der Waals surface area contributed by atoms with Crippen LogP contribution in [0.5, 0.6) is 0 Å². The summed E-state index contributed by atoms with van der Waals surface area (Å²) in [5.74, 6) is -0.0986. The van der Waals surface area contributed by atoms with E-state index in [4.69, 9.17) is 4.74 Å². The molecule has 61 heavy (non-hydrogen) atoms. The molecule has 0 aromatic rings. The van der Waals surface area contributed by atoms with Crippen LogP contribution < -0.4 is 5.32 Å². The van der Waals surface area contributed by atoms with Gasteiger partial charge in [0, 0.05) is 12.8 Å². The van der Waals surface area contributed by atoms with Gasteiger partial charge in [0.2, 0.25) is 5.91 Å². The summed E-state index contributed by atoms with van der Waals surface area (Å²) < 4.78 is 5.44. The van der Waals surface area contributed by atoms with Crippen molar-refractivity contribution in [3.63, 3.8) is 0 Å². The highest BCUT2D eigenvalue weighted by Crippen LogP contribution is 2.17. The lowest BCUT2D eigenvalue weighted by atomic mass is 10.0. The topological polar surface area (TPSA) is 95.9 Å². The van der Waals surface area contributed by atoms with Crippen molar-refractivity contribution in [2.24, 2.45) is 0 Å². The lowest BCUT2D eigenvalue weighted by Crippen LogP contribution is -2.45. The molecule has 2 unspecified atom stereocenters. The van der Waals surface area contributed by atoms with Gasteiger partial charge in [-0.2, -0.15) is 0 Å². The molecule has 0 bridgehead atoms. The number of rotatable bonds is 51. The van der Waals surface area contributed by atoms with Crippen molar-refractivity contribution < 1.29 is 24.5 Å². The number of esters is 1. The minimum absolute atomic E-state index is 0.0150. The monoisotopic (exact) mass is 862 g/mol. The third kappa shape index (κ3) is 47.9. The maximum atomic E-state index is 12.5. The predicted molar refractivity (Wildman–Crippen MR) is 264 cm³/mol. The second-order valence-electron chi connectivity index (χ2n) is 18.9. The number of aliphatic hydroxyl groups is 2. The van der Waals surface area contributed by atoms with Gasteiger partial charge in [0.15, 0.2) is 0 Å². The molecular formula is C55H107NO5. The van der Waals surface area contributed by atoms with E-state index >= 15 is 0 Å². The molecule has 0 saturated heterocycles. The smallest absolute Gasteiger partial charge is 0.305 e. The zero-order valence-electron chi connectivity index (χ0n) is 41.2. The van der Waals surface area contributed by atoms with Crippen molar-refractivity contribution in [2.75, 3.05) is 13.2 Å². The van der Waals surface area contributed by atoms with E-state index in [2.05, 4.69) is 19.2 Å². The van der Waals surface area contributed by atoms with Crippen LogP contribution in [-0.2, 0) is 14.3 Å². The first-order valence-electron chi connectivity index (χ1n) is 27.5. The van der Waals surface area contributed by atoms with E-state index in [0.717, 1.165) is 57.8 Å². The highest BCUT2D eigenvalue weighted by molar-refractivity contribution is 5.76. The lowest BCUT2D eigenvalue weighted by molar-refractivity contribution is -0.143. The highest BCUT2D eigenvalue weighted by Gasteiger charge is 2.18. The van der Waals surface area contributed by atoms with Gasteiger partial charge in [-0.3, -0.25) is 9.59 Å². The molecule has 0 radical (unpaired) electrons. The van der Waals surface area contributed by atoms with Crippen molar-refractivity contribution in [3.05, 3.63) is 12.2 Å². The van der Waals surface area contributed by atoms with Crippen molar-refractivity contribution >= 4 is 11.9 Å². The number of ether oxygens (including phenoxy) is 1. The molecule has 6 heteroatoms. The SMILES string of the molecule is CCCCCCCCCCCCCCCCCCCCCC/C=C/C(O)C(CO)NC(=O)CCCCCCCCCCCCCOC(=O)CCCCCCCCCCCCC. The zero-order valence-corrected chi connectivity index (χ0v) is 41.2. The Morgan fingerprint density at radius 3 is 1.11 bits per heavy atom. The van der Waals surface area contributed by atoms with Crippen LogP contribution in [0.2, 0.25) is 0 Å². The van der Waals surface area contributed by atoms with E-state index in [1.807, 2.05) is 6.08 Å². The number of nitrogens with one attached hydrogen (secondary N) is 1. The van der Waals surface area contributed by atoms with E-state index in [1.165, 1.54) is 218 Å². The number of aliphatic hydroxyl groups excluding tert-OH is 2. The van der Waals surface area contributed by atoms with E-state index in [9.17, 15) is 19.8 Å². The Kier molecular flexibility index (Phi) is 50.1. The fourth-order valence-electron chi connectivity index (χ4n) is 8.58. The summed E-state index contributed by atoms with van der Waals surface area (Å²) >= 11 is 0. The van der Waals surface area contributed by atoms with Crippen LogP contribution in [0.1, 0.15) is 303 Å². The number of hydrogen-bond donors (Lipinski definition) is 3. The van der Waals surface area contributed by atoms with Crippen LogP contribution in [0.4, 0.5) is 0 Å². The van der Waals surface area contributed by atoms with Gasteiger partial charge >= 0.3 is 5.97 Å². The quantitative estimate of drug-likeness (QED) is 0.0322. The molecule has 0 heterocycles. The van der Waals surface area contributed by atoms with Gasteiger partial charge in [0.25, 0.3) is 0 Å². The Balaban J connectivity index is 3.50. The van der Waals surface area contributed by atoms with Gasteiger partial charge in [-0.1, -0.05) is 270 Å². The standard InChI is InChI=1S/C55H107NO5/c1-3-5-7-9-11-13-15-16-17-18-19-20-21-22-23-24-25-28-31-35-39-43-47-53(58)52(51-57)56-54(59)48-44-40-36-32-29-26-30-34-38-42-46-50-61-55(60)49-45-41-37-33-27-14-12-10-8-6-4-2/h43,47,52-53,57-58H,3-42,44-46,48-51H2,1-2H3,(H,56,59)/b47-43+. The number of carbonyl (C=O) groups is 2. The van der Waals surface area contributed by atoms with Crippen LogP contribution in [0.25, 0.3) is 0 Å². The average molecular weight is 862 g/mol. The molecule has 3 N–H and O–H groups in total. The molecule has 0 saturated carbocycles. The third-order valence-corrected chi connectivity index (χ3v) is 12.8. The van der Waals surface area contributed by atoms with E-state index in [0.29, 0.717) is 19.4 Å². The largest absolute Gasteiger partial charge is 0.466 e. The Morgan fingerprint density at radius 1 is 0.443 bits per heavy atom. The fraction of sp³-hybridized carbons (Fsp3) is 0.927. The predicted octanol–water partition coefficient (Wildman–Crippen LogP) is 16.5. The minimum Gasteiger partial charge on any atom is -0.466 e. The van der Waals surface area contributed by atoms with E-state index < -0.39 is 12.1 Å². The molecule has 0 aromatic heterocycles. The third-order valence-electron chi connectivity index (χ3n) is 12.8. The lowest BCUT2D eigenvalue weighted by Gasteiger charge is -2.20. The van der Waals surface area contributed by atoms with Crippen LogP contribution in [0, 0.1) is 0 Å². The molecule has 1 amide bonds. The van der Waals surface area contributed by atoms with Crippen LogP contribution >= 0.6 is 0 Å². The van der Waals surface area contributed by atoms with Crippen LogP contribution in [0.3, 0.4) is 0 Å². The number of amides is 1. The summed E-state index contributed by atoms with van der Waals surface area (Å²) in [4.78, 5) is 24.4. The molecule has 2 atom stereocenters. The first kappa shape index (κ1) is 59.6. The molecule has 0 fully saturated rings. The van der Waals surface area contributed by atoms with Crippen molar-refractivity contribution in [3.8, 4) is 0 Å². The Labute approximate surface area is 380 Å². The first-order chi connectivity index (χ1) is 30.0. The van der Waals surface area contributed by atoms with Crippen LogP contribution in [-0.4, -0.2) is 47.4 Å². The van der Waals surface area contributed by atoms with Gasteiger partial charge in [-0.05, 0) is 32.1 Å². The summed E-state index contributed by atoms with van der Waals surface area (Å²) in [6.45, 7) is 4.87. The van der Waals surface area contributed by atoms with E-state index in [1.54, 1.807) is 6.08 Å². The molecule has 6 nitrogen and oxygen atoms in total. The zero-order chi connectivity index (χ0) is 44.4. The summed E-state index contributed by atoms with van der Waals surface area (Å²) in [5.41, 5.74) is 0. The number of allylic oxidation sites excluding steroid dienone is 1. The average Bonchev–Trinajstić information content (AvgIpc) is 3.26. The van der Waals surface area contributed by atoms with Crippen LogP contribution in [0.15, 0.2) is 12.2 Å². The number of carbonyl (C=O) groups excluding carboxylic acids is 2. The maximum absolute atomic E-state index is 12.5. The van der Waals surface area contributed by atoms with E-state index in [-0.39, 0.29) is 18.5 Å². The molecular weight excluding hydrogens is 755 g/mol. The second kappa shape index (κ2) is 51.2. The van der Waals surface area contributed by atoms with Crippen molar-refractivity contribution in [1.82, 2.24) is 5.32 Å². The molecule has 0 aromatic carbocycles. The van der Waals surface area contributed by atoms with Gasteiger partial charge in [0.05, 0.1) is 25.4 Å². The summed E-state index contributed by atoms with van der Waals surface area (Å²) in [6.07, 6.45) is 59.3. The van der Waals surface area contributed by atoms with Crippen molar-refractivity contribution in [2.45, 2.75) is 315 Å². The van der Waals surface area contributed by atoms with Gasteiger partial charge in [-0.15, -0.1) is 0 Å². The maximum Gasteiger partial charge on any atom is 0.305 e. The second-order valence-corrected chi connectivity index (χ2v) is 18.9. The normalized spacial score (nSPS) is 12.7. The molecule has 362 valence electrons. The highest BCUT2D eigenvalue weighted by atomic mass is 16.5. The summed E-state index contributed by atoms with van der Waals surface area (Å²) in [6, 6.07) is -0.641. The van der Waals surface area contributed by atoms with Gasteiger partial charge in [0.1, 0.15) is 0 Å². The Morgan fingerprint density at radius 2 is 0.754 bits per heavy atom. The fourth-order valence-corrected chi connectivity index (χ4v) is 8.58. The number of hydrogen-bond acceptors (Lipinski definition) is 5. The molecule has 0 aliphatic carbocycles. The minimum atomic E-state index is -0.856. The summed E-state index contributed by atoms with van der Waals surface area (Å²) in [5, 5.41) is 23.1.